The Morgan fingerprint density at radius 1 is 1.00 bits per heavy atom. The lowest BCUT2D eigenvalue weighted by Gasteiger charge is -2.06. The first-order valence-corrected chi connectivity index (χ1v) is 6.27. The Kier molecular flexibility index (Phi) is 3.13. The lowest BCUT2D eigenvalue weighted by molar-refractivity contribution is 0.588. The van der Waals surface area contributed by atoms with Crippen LogP contribution >= 0.6 is 0 Å². The Morgan fingerprint density at radius 3 is 2.24 bits per heavy atom. The zero-order valence-electron chi connectivity index (χ0n) is 11.2. The van der Waals surface area contributed by atoms with E-state index in [4.69, 9.17) is 5.73 Å². The number of aromatic nitrogens is 3. The largest absolute Gasteiger partial charge is 0.383 e. The first kappa shape index (κ1) is 13.2. The van der Waals surface area contributed by atoms with Crippen LogP contribution in [0.4, 0.5) is 14.6 Å². The van der Waals surface area contributed by atoms with Crippen LogP contribution in [0.25, 0.3) is 22.4 Å². The predicted molar refractivity (Wildman–Crippen MR) is 76.2 cm³/mol. The van der Waals surface area contributed by atoms with Gasteiger partial charge < -0.3 is 5.73 Å². The molecule has 0 unspecified atom stereocenters. The summed E-state index contributed by atoms with van der Waals surface area (Å²) in [6, 6.07) is 7.14. The average Bonchev–Trinajstić information content (AvgIpc) is 2.75. The van der Waals surface area contributed by atoms with Gasteiger partial charge in [0.1, 0.15) is 23.1 Å². The van der Waals surface area contributed by atoms with E-state index in [1.807, 2.05) is 0 Å². The van der Waals surface area contributed by atoms with Gasteiger partial charge in [-0.3, -0.25) is 9.67 Å². The minimum atomic E-state index is -0.677. The molecule has 0 spiro atoms. The van der Waals surface area contributed by atoms with Crippen molar-refractivity contribution < 1.29 is 8.78 Å². The van der Waals surface area contributed by atoms with E-state index >= 15 is 0 Å². The third-order valence-electron chi connectivity index (χ3n) is 3.26. The summed E-state index contributed by atoms with van der Waals surface area (Å²) in [4.78, 5) is 3.93. The smallest absolute Gasteiger partial charge is 0.135 e. The number of halogens is 2. The van der Waals surface area contributed by atoms with Crippen molar-refractivity contribution in [3.63, 3.8) is 0 Å². The molecule has 0 atom stereocenters. The molecular formula is C15H12F2N4. The van der Waals surface area contributed by atoms with Crippen molar-refractivity contribution in [2.24, 2.45) is 7.05 Å². The van der Waals surface area contributed by atoms with Gasteiger partial charge in [-0.15, -0.1) is 0 Å². The van der Waals surface area contributed by atoms with E-state index in [0.717, 1.165) is 0 Å². The molecule has 0 bridgehead atoms. The first-order valence-electron chi connectivity index (χ1n) is 6.27. The SMILES string of the molecule is Cn1nc(-c2c(F)cccc2F)c(-c2ccncc2)c1N. The van der Waals surface area contributed by atoms with Crippen LogP contribution in [0.5, 0.6) is 0 Å². The molecule has 0 aliphatic rings. The molecule has 6 heteroatoms. The van der Waals surface area contributed by atoms with Gasteiger partial charge in [-0.1, -0.05) is 6.07 Å². The molecule has 2 aromatic heterocycles. The molecule has 21 heavy (non-hydrogen) atoms. The summed E-state index contributed by atoms with van der Waals surface area (Å²) in [6.07, 6.45) is 3.17. The van der Waals surface area contributed by atoms with Crippen molar-refractivity contribution in [2.45, 2.75) is 0 Å². The number of aryl methyl sites for hydroxylation is 1. The summed E-state index contributed by atoms with van der Waals surface area (Å²) >= 11 is 0. The minimum absolute atomic E-state index is 0.178. The maximum absolute atomic E-state index is 14.0. The Labute approximate surface area is 119 Å². The average molecular weight is 286 g/mol. The van der Waals surface area contributed by atoms with E-state index < -0.39 is 11.6 Å². The molecule has 4 nitrogen and oxygen atoms in total. The van der Waals surface area contributed by atoms with E-state index in [1.165, 1.54) is 22.9 Å². The molecular weight excluding hydrogens is 274 g/mol. The topological polar surface area (TPSA) is 56.7 Å². The molecule has 0 aliphatic carbocycles. The molecule has 106 valence electrons. The third-order valence-corrected chi connectivity index (χ3v) is 3.26. The maximum atomic E-state index is 14.0. The fraction of sp³-hybridized carbons (Fsp3) is 0.0667. The number of nitrogens with zero attached hydrogens (tertiary/aromatic N) is 3. The fourth-order valence-corrected chi connectivity index (χ4v) is 2.24. The van der Waals surface area contributed by atoms with Crippen LogP contribution in [0.15, 0.2) is 42.7 Å². The number of benzene rings is 1. The van der Waals surface area contributed by atoms with Crippen molar-refractivity contribution in [1.29, 1.82) is 0 Å². The van der Waals surface area contributed by atoms with Crippen LogP contribution in [0, 0.1) is 11.6 Å². The Morgan fingerprint density at radius 2 is 1.62 bits per heavy atom. The molecule has 2 N–H and O–H groups in total. The highest BCUT2D eigenvalue weighted by Crippen LogP contribution is 2.37. The molecule has 3 aromatic rings. The van der Waals surface area contributed by atoms with Crippen LogP contribution in [-0.2, 0) is 7.05 Å². The van der Waals surface area contributed by atoms with E-state index in [1.54, 1.807) is 31.6 Å². The summed E-state index contributed by atoms with van der Waals surface area (Å²) in [5, 5.41) is 4.17. The molecule has 0 fully saturated rings. The first-order chi connectivity index (χ1) is 10.1. The van der Waals surface area contributed by atoms with Crippen molar-refractivity contribution in [3.8, 4) is 22.4 Å². The van der Waals surface area contributed by atoms with E-state index in [9.17, 15) is 8.78 Å². The van der Waals surface area contributed by atoms with Crippen molar-refractivity contribution in [3.05, 3.63) is 54.4 Å². The second-order valence-corrected chi connectivity index (χ2v) is 4.57. The molecule has 0 radical (unpaired) electrons. The molecule has 0 saturated carbocycles. The number of pyridine rings is 1. The Bertz CT molecular complexity index is 777. The van der Waals surface area contributed by atoms with E-state index in [2.05, 4.69) is 10.1 Å². The molecule has 3 rings (SSSR count). The number of hydrogen-bond acceptors (Lipinski definition) is 3. The standard InChI is InChI=1S/C15H12F2N4/c1-21-15(18)12(9-5-7-19-8-6-9)14(20-21)13-10(16)3-2-4-11(13)17/h2-8H,18H2,1H3. The molecule has 1 aromatic carbocycles. The van der Waals surface area contributed by atoms with Crippen LogP contribution in [-0.4, -0.2) is 14.8 Å². The summed E-state index contributed by atoms with van der Waals surface area (Å²) in [6.45, 7) is 0. The minimum Gasteiger partial charge on any atom is -0.383 e. The van der Waals surface area contributed by atoms with Gasteiger partial charge in [0.05, 0.1) is 11.1 Å². The highest BCUT2D eigenvalue weighted by molar-refractivity contribution is 5.88. The second kappa shape index (κ2) is 4.97. The van der Waals surface area contributed by atoms with Gasteiger partial charge in [-0.05, 0) is 29.8 Å². The van der Waals surface area contributed by atoms with Gasteiger partial charge in [0.15, 0.2) is 0 Å². The van der Waals surface area contributed by atoms with Gasteiger partial charge >= 0.3 is 0 Å². The third kappa shape index (κ3) is 2.14. The summed E-state index contributed by atoms with van der Waals surface area (Å²) in [5.41, 5.74) is 7.19. The number of rotatable bonds is 2. The van der Waals surface area contributed by atoms with E-state index in [-0.39, 0.29) is 11.3 Å². The number of anilines is 1. The summed E-state index contributed by atoms with van der Waals surface area (Å²) in [5.74, 6) is -1.02. The number of nitrogens with two attached hydrogens (primary N) is 1. The highest BCUT2D eigenvalue weighted by Gasteiger charge is 2.22. The van der Waals surface area contributed by atoms with Crippen molar-refractivity contribution >= 4 is 5.82 Å². The molecule has 0 aliphatic heterocycles. The van der Waals surface area contributed by atoms with Crippen molar-refractivity contribution in [2.75, 3.05) is 5.73 Å². The molecule has 2 heterocycles. The Hall–Kier alpha value is -2.76. The van der Waals surface area contributed by atoms with Crippen molar-refractivity contribution in [1.82, 2.24) is 14.8 Å². The Balaban J connectivity index is 2.33. The molecule has 0 saturated heterocycles. The van der Waals surface area contributed by atoms with Gasteiger partial charge in [-0.2, -0.15) is 5.10 Å². The lowest BCUT2D eigenvalue weighted by Crippen LogP contribution is -1.98. The normalized spacial score (nSPS) is 10.8. The highest BCUT2D eigenvalue weighted by atomic mass is 19.1. The quantitative estimate of drug-likeness (QED) is 0.788. The zero-order valence-corrected chi connectivity index (χ0v) is 11.2. The van der Waals surface area contributed by atoms with Gasteiger partial charge in [0.2, 0.25) is 0 Å². The number of nitrogen functional groups attached to an aromatic ring is 1. The maximum Gasteiger partial charge on any atom is 0.135 e. The van der Waals surface area contributed by atoms with Crippen LogP contribution in [0.3, 0.4) is 0 Å². The van der Waals surface area contributed by atoms with Crippen LogP contribution in [0.1, 0.15) is 0 Å². The van der Waals surface area contributed by atoms with Crippen LogP contribution in [0.2, 0.25) is 0 Å². The predicted octanol–water partition coefficient (Wildman–Crippen LogP) is 3.01. The fourth-order valence-electron chi connectivity index (χ4n) is 2.24. The second-order valence-electron chi connectivity index (χ2n) is 4.57. The monoisotopic (exact) mass is 286 g/mol. The van der Waals surface area contributed by atoms with E-state index in [0.29, 0.717) is 16.9 Å². The van der Waals surface area contributed by atoms with Gasteiger partial charge in [0, 0.05) is 19.4 Å². The lowest BCUT2D eigenvalue weighted by atomic mass is 10.0. The summed E-state index contributed by atoms with van der Waals surface area (Å²) < 4.78 is 29.5. The van der Waals surface area contributed by atoms with Crippen LogP contribution < -0.4 is 5.73 Å². The number of hydrogen-bond donors (Lipinski definition) is 1. The molecule has 0 amide bonds. The summed E-state index contributed by atoms with van der Waals surface area (Å²) in [7, 11) is 1.63. The van der Waals surface area contributed by atoms with Gasteiger partial charge in [0.25, 0.3) is 0 Å². The zero-order chi connectivity index (χ0) is 15.0. The van der Waals surface area contributed by atoms with Gasteiger partial charge in [-0.25, -0.2) is 8.78 Å².